The van der Waals surface area contributed by atoms with Gasteiger partial charge in [0, 0.05) is 35.9 Å². The molecule has 0 aliphatic heterocycles. The predicted octanol–water partition coefficient (Wildman–Crippen LogP) is 2.43. The van der Waals surface area contributed by atoms with Gasteiger partial charge in [0.15, 0.2) is 0 Å². The third-order valence-electron chi connectivity index (χ3n) is 5.33. The zero-order valence-electron chi connectivity index (χ0n) is 17.0. The Morgan fingerprint density at radius 2 is 2.07 bits per heavy atom. The van der Waals surface area contributed by atoms with Gasteiger partial charge in [0.05, 0.1) is 5.69 Å². The Hall–Kier alpha value is -3.46. The Labute approximate surface area is 174 Å². The lowest BCUT2D eigenvalue weighted by Gasteiger charge is -2.28. The summed E-state index contributed by atoms with van der Waals surface area (Å²) < 4.78 is 1.75. The second-order valence-electron chi connectivity index (χ2n) is 8.05. The summed E-state index contributed by atoms with van der Waals surface area (Å²) in [5, 5.41) is 10.8. The molecular weight excluding hydrogens is 380 g/mol. The van der Waals surface area contributed by atoms with Crippen LogP contribution in [0.25, 0.3) is 5.69 Å². The van der Waals surface area contributed by atoms with Gasteiger partial charge >= 0.3 is 0 Å². The van der Waals surface area contributed by atoms with E-state index in [9.17, 15) is 4.79 Å². The van der Waals surface area contributed by atoms with Gasteiger partial charge in [-0.25, -0.2) is 9.67 Å². The van der Waals surface area contributed by atoms with Crippen LogP contribution in [0.3, 0.4) is 0 Å². The Morgan fingerprint density at radius 1 is 1.27 bits per heavy atom. The fourth-order valence-corrected chi connectivity index (χ4v) is 3.58. The van der Waals surface area contributed by atoms with Crippen molar-refractivity contribution in [3.05, 3.63) is 54.5 Å². The molecule has 156 valence electrons. The minimum Gasteiger partial charge on any atom is -0.365 e. The summed E-state index contributed by atoms with van der Waals surface area (Å²) in [6, 6.07) is 9.50. The largest absolute Gasteiger partial charge is 0.365 e. The standard InChI is InChI=1S/C21H26N8O/c1-13(2)17(21(23)7-8-21)27-20-24-12-16(18(22)30)19(28-20)26-14-5-3-6-15(11-14)29-10-4-9-25-29/h3-6,9-13,17H,7-8,23H2,1-2H3,(H2,22,30)(H2,24,26,27,28). The molecule has 1 amide bonds. The Bertz CT molecular complexity index is 1040. The molecule has 1 aromatic carbocycles. The van der Waals surface area contributed by atoms with Gasteiger partial charge < -0.3 is 22.1 Å². The van der Waals surface area contributed by atoms with Gasteiger partial charge in [0.1, 0.15) is 11.4 Å². The van der Waals surface area contributed by atoms with E-state index in [2.05, 4.69) is 39.5 Å². The first-order valence-corrected chi connectivity index (χ1v) is 9.95. The third-order valence-corrected chi connectivity index (χ3v) is 5.33. The first kappa shape index (κ1) is 19.8. The lowest BCUT2D eigenvalue weighted by molar-refractivity contribution is 0.100. The molecular formula is C21H26N8O. The lowest BCUT2D eigenvalue weighted by Crippen LogP contribution is -2.46. The van der Waals surface area contributed by atoms with Gasteiger partial charge in [-0.2, -0.15) is 10.1 Å². The van der Waals surface area contributed by atoms with Crippen LogP contribution < -0.4 is 22.1 Å². The molecule has 30 heavy (non-hydrogen) atoms. The van der Waals surface area contributed by atoms with Gasteiger partial charge in [0.25, 0.3) is 5.91 Å². The van der Waals surface area contributed by atoms with Crippen LogP contribution in [0.15, 0.2) is 48.9 Å². The first-order valence-electron chi connectivity index (χ1n) is 9.95. The molecule has 9 heteroatoms. The van der Waals surface area contributed by atoms with Crippen molar-refractivity contribution in [2.45, 2.75) is 38.3 Å². The average Bonchev–Trinajstić information content (AvgIpc) is 3.22. The van der Waals surface area contributed by atoms with Crippen molar-refractivity contribution in [1.29, 1.82) is 0 Å². The number of anilines is 3. The first-order chi connectivity index (χ1) is 14.4. The molecule has 6 N–H and O–H groups in total. The van der Waals surface area contributed by atoms with Gasteiger partial charge in [-0.05, 0) is 43.0 Å². The van der Waals surface area contributed by atoms with Gasteiger partial charge in [-0.15, -0.1) is 0 Å². The summed E-state index contributed by atoms with van der Waals surface area (Å²) >= 11 is 0. The third kappa shape index (κ3) is 4.11. The van der Waals surface area contributed by atoms with Crippen LogP contribution >= 0.6 is 0 Å². The maximum absolute atomic E-state index is 11.9. The highest BCUT2D eigenvalue weighted by Gasteiger charge is 2.47. The summed E-state index contributed by atoms with van der Waals surface area (Å²) in [4.78, 5) is 20.7. The van der Waals surface area contributed by atoms with Crippen LogP contribution in [-0.4, -0.2) is 37.2 Å². The van der Waals surface area contributed by atoms with E-state index in [4.69, 9.17) is 11.5 Å². The van der Waals surface area contributed by atoms with Crippen LogP contribution in [0.2, 0.25) is 0 Å². The van der Waals surface area contributed by atoms with Crippen molar-refractivity contribution in [2.75, 3.05) is 10.6 Å². The van der Waals surface area contributed by atoms with Gasteiger partial charge in [-0.1, -0.05) is 19.9 Å². The molecule has 2 aromatic heterocycles. The van der Waals surface area contributed by atoms with Crippen molar-refractivity contribution >= 4 is 23.4 Å². The molecule has 1 saturated carbocycles. The number of primary amides is 1. The van der Waals surface area contributed by atoms with Gasteiger partial charge in [-0.3, -0.25) is 4.79 Å². The number of hydrogen-bond donors (Lipinski definition) is 4. The fraction of sp³-hybridized carbons (Fsp3) is 0.333. The average molecular weight is 406 g/mol. The molecule has 1 aliphatic rings. The maximum Gasteiger partial charge on any atom is 0.254 e. The Balaban J connectivity index is 1.62. The summed E-state index contributed by atoms with van der Waals surface area (Å²) in [6.07, 6.45) is 6.93. The minimum atomic E-state index is -0.606. The molecule has 1 unspecified atom stereocenters. The molecule has 4 rings (SSSR count). The van der Waals surface area contributed by atoms with Crippen LogP contribution in [0.1, 0.15) is 37.0 Å². The van der Waals surface area contributed by atoms with Gasteiger partial charge in [0.2, 0.25) is 5.95 Å². The number of carbonyl (C=O) groups excluding carboxylic acids is 1. The number of nitrogens with two attached hydrogens (primary N) is 2. The number of nitrogens with one attached hydrogen (secondary N) is 2. The second kappa shape index (κ2) is 7.75. The van der Waals surface area contributed by atoms with Crippen LogP contribution in [0, 0.1) is 5.92 Å². The second-order valence-corrected chi connectivity index (χ2v) is 8.05. The van der Waals surface area contributed by atoms with E-state index in [1.807, 2.05) is 36.5 Å². The van der Waals surface area contributed by atoms with E-state index in [0.29, 0.717) is 17.7 Å². The highest BCUT2D eigenvalue weighted by Crippen LogP contribution is 2.39. The number of hydrogen-bond acceptors (Lipinski definition) is 7. The molecule has 0 saturated heterocycles. The van der Waals surface area contributed by atoms with Crippen molar-refractivity contribution < 1.29 is 4.79 Å². The highest BCUT2D eigenvalue weighted by molar-refractivity contribution is 5.98. The number of aromatic nitrogens is 4. The van der Waals surface area contributed by atoms with Crippen LogP contribution in [0.5, 0.6) is 0 Å². The highest BCUT2D eigenvalue weighted by atomic mass is 16.1. The van der Waals surface area contributed by atoms with Crippen molar-refractivity contribution in [1.82, 2.24) is 19.7 Å². The molecule has 9 nitrogen and oxygen atoms in total. The number of nitrogens with zero attached hydrogens (tertiary/aromatic N) is 4. The van der Waals surface area contributed by atoms with Crippen molar-refractivity contribution in [3.8, 4) is 5.69 Å². The van der Waals surface area contributed by atoms with E-state index in [0.717, 1.165) is 24.2 Å². The van der Waals surface area contributed by atoms with Crippen LogP contribution in [-0.2, 0) is 0 Å². The number of benzene rings is 1. The topological polar surface area (TPSA) is 137 Å². The summed E-state index contributed by atoms with van der Waals surface area (Å²) in [6.45, 7) is 4.23. The fourth-order valence-electron chi connectivity index (χ4n) is 3.58. The molecule has 0 radical (unpaired) electrons. The molecule has 1 aliphatic carbocycles. The minimum absolute atomic E-state index is 0.0351. The number of amides is 1. The smallest absolute Gasteiger partial charge is 0.254 e. The monoisotopic (exact) mass is 406 g/mol. The maximum atomic E-state index is 11.9. The molecule has 2 heterocycles. The molecule has 0 spiro atoms. The molecule has 1 fully saturated rings. The normalized spacial score (nSPS) is 15.6. The van der Waals surface area contributed by atoms with E-state index in [1.165, 1.54) is 6.20 Å². The zero-order chi connectivity index (χ0) is 21.3. The van der Waals surface area contributed by atoms with Crippen molar-refractivity contribution in [2.24, 2.45) is 17.4 Å². The summed E-state index contributed by atoms with van der Waals surface area (Å²) in [5.41, 5.74) is 13.5. The van der Waals surface area contributed by atoms with Crippen LogP contribution in [0.4, 0.5) is 17.5 Å². The molecule has 3 aromatic rings. The number of rotatable bonds is 8. The predicted molar refractivity (Wildman–Crippen MR) is 116 cm³/mol. The lowest BCUT2D eigenvalue weighted by atomic mass is 9.95. The Morgan fingerprint density at radius 3 is 2.70 bits per heavy atom. The van der Waals surface area contributed by atoms with E-state index >= 15 is 0 Å². The Kier molecular flexibility index (Phi) is 5.13. The quantitative estimate of drug-likeness (QED) is 0.451. The van der Waals surface area contributed by atoms with E-state index < -0.39 is 5.91 Å². The SMILES string of the molecule is CC(C)C(Nc1ncc(C(N)=O)c(Nc2cccc(-n3cccn3)c2)n1)C1(N)CC1. The van der Waals surface area contributed by atoms with E-state index in [-0.39, 0.29) is 17.1 Å². The molecule has 1 atom stereocenters. The zero-order valence-corrected chi connectivity index (χ0v) is 17.0. The summed E-state index contributed by atoms with van der Waals surface area (Å²) in [5.74, 6) is 0.437. The number of carbonyl (C=O) groups is 1. The van der Waals surface area contributed by atoms with Crippen molar-refractivity contribution in [3.63, 3.8) is 0 Å². The van der Waals surface area contributed by atoms with E-state index in [1.54, 1.807) is 10.9 Å². The molecule has 0 bridgehead atoms. The summed E-state index contributed by atoms with van der Waals surface area (Å²) in [7, 11) is 0.